The van der Waals surface area contributed by atoms with E-state index in [1.165, 1.54) is 31.6 Å². The summed E-state index contributed by atoms with van der Waals surface area (Å²) in [6.07, 6.45) is 3.46. The molecule has 1 heterocycles. The molecule has 0 spiro atoms. The number of hydrogen-bond donors (Lipinski definition) is 2. The summed E-state index contributed by atoms with van der Waals surface area (Å²) in [7, 11) is -2.38. The molecule has 0 saturated heterocycles. The van der Waals surface area contributed by atoms with Gasteiger partial charge in [-0.15, -0.1) is 24.8 Å². The van der Waals surface area contributed by atoms with Crippen molar-refractivity contribution in [2.45, 2.75) is 37.6 Å². The minimum Gasteiger partial charge on any atom is -0.349 e. The molecule has 0 fully saturated rings. The fourth-order valence-corrected chi connectivity index (χ4v) is 3.52. The average molecular weight is 415 g/mol. The van der Waals surface area contributed by atoms with Gasteiger partial charge < -0.3 is 11.1 Å². The van der Waals surface area contributed by atoms with Gasteiger partial charge in [0.05, 0.1) is 6.54 Å². The summed E-state index contributed by atoms with van der Waals surface area (Å²) in [5.74, 6) is -0.0192. The minimum absolute atomic E-state index is 0. The Morgan fingerprint density at radius 2 is 2.00 bits per heavy atom. The monoisotopic (exact) mass is 414 g/mol. The summed E-state index contributed by atoms with van der Waals surface area (Å²) in [5, 5.41) is 2.84. The molecular formula is C15H28Cl2N4O3S. The highest BCUT2D eigenvalue weighted by atomic mass is 35.5. The molecule has 0 saturated carbocycles. The van der Waals surface area contributed by atoms with Crippen molar-refractivity contribution in [1.29, 1.82) is 0 Å². The van der Waals surface area contributed by atoms with Gasteiger partial charge in [0.25, 0.3) is 0 Å². The van der Waals surface area contributed by atoms with Crippen molar-refractivity contribution in [3.05, 3.63) is 24.5 Å². The Bertz CT molecular complexity index is 629. The predicted molar refractivity (Wildman–Crippen MR) is 104 cm³/mol. The van der Waals surface area contributed by atoms with E-state index in [1.807, 2.05) is 20.8 Å². The van der Waals surface area contributed by atoms with E-state index in [2.05, 4.69) is 10.3 Å². The molecule has 146 valence electrons. The molecule has 10 heteroatoms. The van der Waals surface area contributed by atoms with Crippen LogP contribution in [0.5, 0.6) is 0 Å². The van der Waals surface area contributed by atoms with E-state index < -0.39 is 15.6 Å². The second-order valence-corrected chi connectivity index (χ2v) is 8.41. The van der Waals surface area contributed by atoms with Gasteiger partial charge in [-0.2, -0.15) is 4.31 Å². The number of carbonyl (C=O) groups is 1. The first-order valence-electron chi connectivity index (χ1n) is 7.48. The topological polar surface area (TPSA) is 105 Å². The summed E-state index contributed by atoms with van der Waals surface area (Å²) >= 11 is 0. The summed E-state index contributed by atoms with van der Waals surface area (Å²) in [5.41, 5.74) is 5.21. The minimum atomic E-state index is -3.74. The Hall–Kier alpha value is -0.930. The summed E-state index contributed by atoms with van der Waals surface area (Å²) in [6.45, 7) is 5.96. The number of halogens is 2. The van der Waals surface area contributed by atoms with E-state index in [4.69, 9.17) is 5.73 Å². The van der Waals surface area contributed by atoms with E-state index in [1.54, 1.807) is 0 Å². The molecule has 3 N–H and O–H groups in total. The van der Waals surface area contributed by atoms with Crippen LogP contribution in [-0.4, -0.2) is 49.3 Å². The van der Waals surface area contributed by atoms with Crippen LogP contribution >= 0.6 is 24.8 Å². The third-order valence-corrected chi connectivity index (χ3v) is 5.25. The zero-order valence-corrected chi connectivity index (χ0v) is 17.4. The first kappa shape index (κ1) is 26.3. The van der Waals surface area contributed by atoms with Crippen LogP contribution in [0.15, 0.2) is 29.4 Å². The number of nitrogens with two attached hydrogens (primary N) is 1. The zero-order chi connectivity index (χ0) is 17.7. The molecule has 0 bridgehead atoms. The van der Waals surface area contributed by atoms with Crippen molar-refractivity contribution in [3.63, 3.8) is 0 Å². The lowest BCUT2D eigenvalue weighted by molar-refractivity contribution is -0.123. The number of nitrogens with one attached hydrogen (secondary N) is 1. The van der Waals surface area contributed by atoms with Crippen LogP contribution < -0.4 is 11.1 Å². The van der Waals surface area contributed by atoms with E-state index in [-0.39, 0.29) is 48.7 Å². The quantitative estimate of drug-likeness (QED) is 0.668. The highest BCUT2D eigenvalue weighted by Crippen LogP contribution is 2.16. The number of rotatable bonds is 8. The lowest BCUT2D eigenvalue weighted by atomic mass is 9.91. The van der Waals surface area contributed by atoms with Gasteiger partial charge in [0.2, 0.25) is 15.9 Å². The van der Waals surface area contributed by atoms with Gasteiger partial charge in [-0.25, -0.2) is 8.42 Å². The molecular weight excluding hydrogens is 387 g/mol. The van der Waals surface area contributed by atoms with Gasteiger partial charge in [0.15, 0.2) is 0 Å². The van der Waals surface area contributed by atoms with Crippen LogP contribution in [0.2, 0.25) is 0 Å². The Morgan fingerprint density at radius 1 is 1.40 bits per heavy atom. The standard InChI is InChI=1S/C15H26N4O3S.2ClH/c1-12(2)8-15(3,11-16)18-14(20)10-19(4)23(21,22)13-6-5-7-17-9-13;;/h5-7,9,12H,8,10-11,16H2,1-4H3,(H,18,20);2*1H. The SMILES string of the molecule is CC(C)CC(C)(CN)NC(=O)CN(C)S(=O)(=O)c1cccnc1.Cl.Cl. The number of amides is 1. The molecule has 1 aromatic heterocycles. The number of pyridine rings is 1. The molecule has 0 aromatic carbocycles. The third-order valence-electron chi connectivity index (χ3n) is 3.46. The lowest BCUT2D eigenvalue weighted by Gasteiger charge is -2.32. The Labute approximate surface area is 162 Å². The van der Waals surface area contributed by atoms with Crippen LogP contribution in [0.25, 0.3) is 0 Å². The normalized spacial score (nSPS) is 13.6. The van der Waals surface area contributed by atoms with Gasteiger partial charge in [-0.05, 0) is 31.4 Å². The van der Waals surface area contributed by atoms with Gasteiger partial charge >= 0.3 is 0 Å². The van der Waals surface area contributed by atoms with Crippen molar-refractivity contribution >= 4 is 40.7 Å². The van der Waals surface area contributed by atoms with Crippen molar-refractivity contribution < 1.29 is 13.2 Å². The Kier molecular flexibility index (Phi) is 11.5. The van der Waals surface area contributed by atoms with Crippen LogP contribution in [-0.2, 0) is 14.8 Å². The fourth-order valence-electron chi connectivity index (χ4n) is 2.43. The van der Waals surface area contributed by atoms with E-state index in [9.17, 15) is 13.2 Å². The van der Waals surface area contributed by atoms with Crippen molar-refractivity contribution in [3.8, 4) is 0 Å². The fraction of sp³-hybridized carbons (Fsp3) is 0.600. The van der Waals surface area contributed by atoms with E-state index >= 15 is 0 Å². The first-order valence-corrected chi connectivity index (χ1v) is 8.92. The molecule has 25 heavy (non-hydrogen) atoms. The first-order chi connectivity index (χ1) is 10.6. The Balaban J connectivity index is 0. The molecule has 1 aromatic rings. The van der Waals surface area contributed by atoms with Crippen LogP contribution in [0, 0.1) is 5.92 Å². The summed E-state index contributed by atoms with van der Waals surface area (Å²) in [4.78, 5) is 16.0. The summed E-state index contributed by atoms with van der Waals surface area (Å²) < 4.78 is 25.7. The van der Waals surface area contributed by atoms with E-state index in [0.29, 0.717) is 12.3 Å². The number of aromatic nitrogens is 1. The van der Waals surface area contributed by atoms with E-state index in [0.717, 1.165) is 4.31 Å². The summed E-state index contributed by atoms with van der Waals surface area (Å²) in [6, 6.07) is 2.98. The van der Waals surface area contributed by atoms with Gasteiger partial charge in [-0.1, -0.05) is 13.8 Å². The second-order valence-electron chi connectivity index (χ2n) is 6.36. The van der Waals surface area contributed by atoms with Crippen LogP contribution in [0.1, 0.15) is 27.2 Å². The van der Waals surface area contributed by atoms with Crippen molar-refractivity contribution in [2.24, 2.45) is 11.7 Å². The third kappa shape index (κ3) is 7.87. The maximum absolute atomic E-state index is 12.4. The predicted octanol–water partition coefficient (Wildman–Crippen LogP) is 1.43. The Morgan fingerprint density at radius 3 is 2.44 bits per heavy atom. The number of hydrogen-bond acceptors (Lipinski definition) is 5. The maximum Gasteiger partial charge on any atom is 0.244 e. The molecule has 1 atom stereocenters. The lowest BCUT2D eigenvalue weighted by Crippen LogP contribution is -2.54. The maximum atomic E-state index is 12.4. The molecule has 1 amide bonds. The van der Waals surface area contributed by atoms with Crippen molar-refractivity contribution in [2.75, 3.05) is 20.1 Å². The van der Waals surface area contributed by atoms with Gasteiger partial charge in [0.1, 0.15) is 4.90 Å². The molecule has 7 nitrogen and oxygen atoms in total. The molecule has 0 aliphatic heterocycles. The van der Waals surface area contributed by atoms with Gasteiger partial charge in [0, 0.05) is 31.5 Å². The number of sulfonamides is 1. The highest BCUT2D eigenvalue weighted by molar-refractivity contribution is 7.89. The average Bonchev–Trinajstić information content (AvgIpc) is 2.46. The molecule has 0 aliphatic rings. The molecule has 1 rings (SSSR count). The second kappa shape index (κ2) is 10.9. The van der Waals surface area contributed by atoms with Gasteiger partial charge in [-0.3, -0.25) is 9.78 Å². The largest absolute Gasteiger partial charge is 0.349 e. The smallest absolute Gasteiger partial charge is 0.244 e. The highest BCUT2D eigenvalue weighted by Gasteiger charge is 2.28. The molecule has 0 aliphatic carbocycles. The number of nitrogens with zero attached hydrogens (tertiary/aromatic N) is 2. The number of carbonyl (C=O) groups excluding carboxylic acids is 1. The zero-order valence-electron chi connectivity index (χ0n) is 14.9. The number of likely N-dealkylation sites (N-methyl/N-ethyl adjacent to an activating group) is 1. The van der Waals surface area contributed by atoms with Crippen LogP contribution in [0.4, 0.5) is 0 Å². The van der Waals surface area contributed by atoms with Crippen LogP contribution in [0.3, 0.4) is 0 Å². The molecule has 0 radical (unpaired) electrons. The van der Waals surface area contributed by atoms with Crippen molar-refractivity contribution in [1.82, 2.24) is 14.6 Å². The molecule has 1 unspecified atom stereocenters.